The van der Waals surface area contributed by atoms with Crippen LogP contribution in [-0.2, 0) is 10.0 Å². The van der Waals surface area contributed by atoms with E-state index in [2.05, 4.69) is 19.9 Å². The lowest BCUT2D eigenvalue weighted by atomic mass is 10.3. The fourth-order valence-electron chi connectivity index (χ4n) is 2.00. The van der Waals surface area contributed by atoms with Crippen LogP contribution in [0.1, 0.15) is 0 Å². The van der Waals surface area contributed by atoms with Gasteiger partial charge in [0.05, 0.1) is 13.3 Å². The molecule has 2 heterocycles. The summed E-state index contributed by atoms with van der Waals surface area (Å²) in [6.45, 7) is 4.92. The Hall–Kier alpha value is -0.640. The minimum atomic E-state index is -3.50. The van der Waals surface area contributed by atoms with Crippen molar-refractivity contribution in [1.82, 2.24) is 19.9 Å². The minimum absolute atomic E-state index is 0. The maximum Gasteiger partial charge on any atom is 0.242 e. The smallest absolute Gasteiger partial charge is 0.242 e. The van der Waals surface area contributed by atoms with Crippen LogP contribution in [0.5, 0.6) is 5.88 Å². The Morgan fingerprint density at radius 3 is 2.55 bits per heavy atom. The predicted molar refractivity (Wildman–Crippen MR) is 89.8 cm³/mol. The lowest BCUT2D eigenvalue weighted by Gasteiger charge is -2.27. The molecule has 2 N–H and O–H groups in total. The number of nitrogens with zero attached hydrogens (tertiary/aromatic N) is 2. The van der Waals surface area contributed by atoms with Crippen LogP contribution < -0.4 is 14.8 Å². The van der Waals surface area contributed by atoms with E-state index >= 15 is 0 Å². The predicted octanol–water partition coefficient (Wildman–Crippen LogP) is 0.117. The molecule has 0 radical (unpaired) electrons. The van der Waals surface area contributed by atoms with Crippen molar-refractivity contribution in [3.8, 4) is 5.88 Å². The highest BCUT2D eigenvalue weighted by molar-refractivity contribution is 7.89. The Bertz CT molecular complexity index is 522. The largest absolute Gasteiger partial charge is 0.481 e. The molecule has 1 fully saturated rings. The van der Waals surface area contributed by atoms with Gasteiger partial charge >= 0.3 is 0 Å². The van der Waals surface area contributed by atoms with Crippen LogP contribution in [0.2, 0.25) is 0 Å². The molecule has 0 bridgehead atoms. The van der Waals surface area contributed by atoms with E-state index < -0.39 is 10.0 Å². The second kappa shape index (κ2) is 10.2. The van der Waals surface area contributed by atoms with E-state index in [0.717, 1.165) is 26.2 Å². The molecule has 1 aliphatic rings. The zero-order valence-electron chi connectivity index (χ0n) is 12.3. The Balaban J connectivity index is 0.00000220. The van der Waals surface area contributed by atoms with E-state index in [4.69, 9.17) is 4.74 Å². The van der Waals surface area contributed by atoms with Crippen LogP contribution in [0.3, 0.4) is 0 Å². The molecule has 0 amide bonds. The number of rotatable bonds is 6. The molecule has 0 atom stereocenters. The van der Waals surface area contributed by atoms with Gasteiger partial charge in [-0.05, 0) is 6.07 Å². The summed E-state index contributed by atoms with van der Waals surface area (Å²) < 4.78 is 31.6. The van der Waals surface area contributed by atoms with Crippen LogP contribution in [0.4, 0.5) is 0 Å². The van der Waals surface area contributed by atoms with Crippen molar-refractivity contribution in [3.63, 3.8) is 0 Å². The molecule has 0 unspecified atom stereocenters. The summed E-state index contributed by atoms with van der Waals surface area (Å²) in [5.41, 5.74) is 0. The van der Waals surface area contributed by atoms with Crippen molar-refractivity contribution in [2.75, 3.05) is 46.4 Å². The minimum Gasteiger partial charge on any atom is -0.481 e. The summed E-state index contributed by atoms with van der Waals surface area (Å²) >= 11 is 0. The van der Waals surface area contributed by atoms with Crippen molar-refractivity contribution in [1.29, 1.82) is 0 Å². The molecule has 1 aromatic heterocycles. The third kappa shape index (κ3) is 6.23. The molecule has 7 nitrogen and oxygen atoms in total. The maximum absolute atomic E-state index is 12.1. The van der Waals surface area contributed by atoms with Gasteiger partial charge in [0, 0.05) is 45.3 Å². The number of aromatic nitrogens is 1. The molecule has 22 heavy (non-hydrogen) atoms. The number of sulfonamides is 1. The number of methoxy groups -OCH3 is 1. The van der Waals surface area contributed by atoms with Gasteiger partial charge in [0.1, 0.15) is 4.90 Å². The van der Waals surface area contributed by atoms with Crippen LogP contribution in [0, 0.1) is 0 Å². The highest BCUT2D eigenvalue weighted by Gasteiger charge is 2.15. The summed E-state index contributed by atoms with van der Waals surface area (Å²) in [7, 11) is -2.01. The first-order chi connectivity index (χ1) is 9.62. The molecule has 2 rings (SSSR count). The molecule has 10 heteroatoms. The average molecular weight is 373 g/mol. The van der Waals surface area contributed by atoms with Gasteiger partial charge in [-0.15, -0.1) is 24.8 Å². The molecule has 1 aromatic rings. The first-order valence-electron chi connectivity index (χ1n) is 6.54. The Kier molecular flexibility index (Phi) is 9.90. The number of ether oxygens (including phenoxy) is 1. The van der Waals surface area contributed by atoms with Gasteiger partial charge in [-0.25, -0.2) is 18.1 Å². The number of halogens is 2. The highest BCUT2D eigenvalue weighted by atomic mass is 35.5. The number of piperazine rings is 1. The molecule has 128 valence electrons. The number of hydrogen-bond donors (Lipinski definition) is 2. The first kappa shape index (κ1) is 21.4. The Morgan fingerprint density at radius 2 is 2.00 bits per heavy atom. The fourth-order valence-corrected chi connectivity index (χ4v) is 2.97. The second-order valence-electron chi connectivity index (χ2n) is 4.53. The van der Waals surface area contributed by atoms with E-state index in [1.807, 2.05) is 0 Å². The molecule has 0 aliphatic carbocycles. The van der Waals surface area contributed by atoms with Gasteiger partial charge < -0.3 is 10.1 Å². The van der Waals surface area contributed by atoms with Gasteiger partial charge in [0.25, 0.3) is 0 Å². The van der Waals surface area contributed by atoms with E-state index in [9.17, 15) is 8.42 Å². The normalized spacial score (nSPS) is 15.5. The van der Waals surface area contributed by atoms with E-state index in [1.54, 1.807) is 0 Å². The zero-order valence-corrected chi connectivity index (χ0v) is 14.8. The standard InChI is InChI=1S/C12H20N4O3S.2ClH/c1-19-12-3-2-11(10-14-12)20(17,18)15-6-9-16-7-4-13-5-8-16;;/h2-3,10,13,15H,4-9H2,1H3;2*1H. The Morgan fingerprint density at radius 1 is 1.32 bits per heavy atom. The van der Waals surface area contributed by atoms with Gasteiger partial charge in [-0.1, -0.05) is 0 Å². The van der Waals surface area contributed by atoms with Crippen LogP contribution in [-0.4, -0.2) is 64.7 Å². The lowest BCUT2D eigenvalue weighted by molar-refractivity contribution is 0.245. The van der Waals surface area contributed by atoms with Crippen molar-refractivity contribution < 1.29 is 13.2 Å². The van der Waals surface area contributed by atoms with Gasteiger partial charge in [-0.2, -0.15) is 0 Å². The van der Waals surface area contributed by atoms with Crippen molar-refractivity contribution in [2.45, 2.75) is 4.90 Å². The van der Waals surface area contributed by atoms with Gasteiger partial charge in [0.15, 0.2) is 0 Å². The molecule has 0 aromatic carbocycles. The summed E-state index contributed by atoms with van der Waals surface area (Å²) in [5.74, 6) is 0.393. The number of pyridine rings is 1. The summed E-state index contributed by atoms with van der Waals surface area (Å²) in [4.78, 5) is 6.28. The quantitative estimate of drug-likeness (QED) is 0.737. The maximum atomic E-state index is 12.1. The molecular formula is C12H22Cl2N4O3S. The molecular weight excluding hydrogens is 351 g/mol. The van der Waals surface area contributed by atoms with E-state index in [-0.39, 0.29) is 29.7 Å². The molecule has 1 saturated heterocycles. The summed E-state index contributed by atoms with van der Waals surface area (Å²) in [6, 6.07) is 3.02. The monoisotopic (exact) mass is 372 g/mol. The van der Waals surface area contributed by atoms with Crippen molar-refractivity contribution in [3.05, 3.63) is 18.3 Å². The third-order valence-electron chi connectivity index (χ3n) is 3.16. The van der Waals surface area contributed by atoms with E-state index in [0.29, 0.717) is 19.0 Å². The molecule has 0 spiro atoms. The SMILES string of the molecule is COc1ccc(S(=O)(=O)NCCN2CCNCC2)cn1.Cl.Cl. The topological polar surface area (TPSA) is 83.6 Å². The zero-order chi connectivity index (χ0) is 14.4. The first-order valence-corrected chi connectivity index (χ1v) is 8.03. The number of nitrogens with one attached hydrogen (secondary N) is 2. The van der Waals surface area contributed by atoms with Crippen LogP contribution in [0.15, 0.2) is 23.2 Å². The lowest BCUT2D eigenvalue weighted by Crippen LogP contribution is -2.46. The molecule has 0 saturated carbocycles. The van der Waals surface area contributed by atoms with E-state index in [1.165, 1.54) is 25.4 Å². The average Bonchev–Trinajstić information content (AvgIpc) is 2.48. The second-order valence-corrected chi connectivity index (χ2v) is 6.29. The van der Waals surface area contributed by atoms with Crippen molar-refractivity contribution >= 4 is 34.8 Å². The Labute approximate surface area is 143 Å². The number of hydrogen-bond acceptors (Lipinski definition) is 6. The van der Waals surface area contributed by atoms with Crippen LogP contribution in [0.25, 0.3) is 0 Å². The van der Waals surface area contributed by atoms with Gasteiger partial charge in [0.2, 0.25) is 15.9 Å². The highest BCUT2D eigenvalue weighted by Crippen LogP contribution is 2.11. The van der Waals surface area contributed by atoms with Crippen LogP contribution >= 0.6 is 24.8 Å². The fraction of sp³-hybridized carbons (Fsp3) is 0.583. The summed E-state index contributed by atoms with van der Waals surface area (Å²) in [5, 5.41) is 3.26. The third-order valence-corrected chi connectivity index (χ3v) is 4.60. The van der Waals surface area contributed by atoms with Gasteiger partial charge in [-0.3, -0.25) is 4.90 Å². The van der Waals surface area contributed by atoms with Crippen molar-refractivity contribution in [2.24, 2.45) is 0 Å². The summed E-state index contributed by atoms with van der Waals surface area (Å²) in [6.07, 6.45) is 1.30. The molecule has 1 aliphatic heterocycles.